The van der Waals surface area contributed by atoms with Gasteiger partial charge in [0.15, 0.2) is 18.9 Å². The maximum Gasteiger partial charge on any atom is 0.220 e. The van der Waals surface area contributed by atoms with Crippen molar-refractivity contribution in [3.63, 3.8) is 0 Å². The quantitative estimate of drug-likeness (QED) is 0.0203. The van der Waals surface area contributed by atoms with Gasteiger partial charge < -0.3 is 89.9 Å². The van der Waals surface area contributed by atoms with E-state index in [2.05, 4.69) is 141 Å². The van der Waals surface area contributed by atoms with E-state index in [0.717, 1.165) is 116 Å². The summed E-state index contributed by atoms with van der Waals surface area (Å²) in [5.74, 6) is -0.276. The predicted molar refractivity (Wildman–Crippen MR) is 346 cm³/mol. The van der Waals surface area contributed by atoms with Crippen LogP contribution in [0, 0.1) is 0 Å². The topological polar surface area (TPSA) is 307 Å². The number of aliphatic hydroxyl groups excluding tert-OH is 11. The molecule has 0 aromatic rings. The lowest BCUT2D eigenvalue weighted by molar-refractivity contribution is -0.379. The van der Waals surface area contributed by atoms with Gasteiger partial charge in [-0.15, -0.1) is 0 Å². The fourth-order valence-electron chi connectivity index (χ4n) is 10.4. The molecule has 19 nitrogen and oxygen atoms in total. The highest BCUT2D eigenvalue weighted by Crippen LogP contribution is 2.33. The van der Waals surface area contributed by atoms with E-state index < -0.39 is 124 Å². The van der Waals surface area contributed by atoms with Gasteiger partial charge in [0, 0.05) is 6.42 Å². The largest absolute Gasteiger partial charge is 0.394 e. The summed E-state index contributed by atoms with van der Waals surface area (Å²) >= 11 is 0. The lowest BCUT2D eigenvalue weighted by Crippen LogP contribution is -2.66. The van der Waals surface area contributed by atoms with Crippen LogP contribution in [-0.2, 0) is 33.2 Å². The van der Waals surface area contributed by atoms with Crippen LogP contribution in [0.4, 0.5) is 0 Å². The summed E-state index contributed by atoms with van der Waals surface area (Å²) in [6, 6.07) is -0.908. The van der Waals surface area contributed by atoms with Gasteiger partial charge in [0.25, 0.3) is 0 Å². The van der Waals surface area contributed by atoms with Gasteiger partial charge in [-0.3, -0.25) is 4.79 Å². The second kappa shape index (κ2) is 50.7. The van der Waals surface area contributed by atoms with Crippen molar-refractivity contribution in [2.45, 2.75) is 285 Å². The number of carbonyl (C=O) groups excluding carboxylic acids is 1. The van der Waals surface area contributed by atoms with E-state index in [1.807, 2.05) is 0 Å². The number of aliphatic hydroxyl groups is 11. The summed E-state index contributed by atoms with van der Waals surface area (Å²) in [6.45, 7) is 1.59. The maximum atomic E-state index is 13.3. The van der Waals surface area contributed by atoms with E-state index in [-0.39, 0.29) is 18.9 Å². The first kappa shape index (κ1) is 79.4. The summed E-state index contributed by atoms with van der Waals surface area (Å²) < 4.78 is 34.3. The third kappa shape index (κ3) is 33.0. The van der Waals surface area contributed by atoms with Crippen molar-refractivity contribution in [3.8, 4) is 0 Å². The maximum absolute atomic E-state index is 13.3. The summed E-state index contributed by atoms with van der Waals surface area (Å²) in [6.07, 6.45) is 41.7. The molecule has 3 saturated heterocycles. The molecule has 0 spiro atoms. The monoisotopic (exact) mass is 1260 g/mol. The van der Waals surface area contributed by atoms with Crippen molar-refractivity contribution in [3.05, 3.63) is 122 Å². The molecule has 12 N–H and O–H groups in total. The zero-order valence-corrected chi connectivity index (χ0v) is 53.4. The van der Waals surface area contributed by atoms with E-state index >= 15 is 0 Å². The number of rotatable bonds is 48. The van der Waals surface area contributed by atoms with Crippen LogP contribution in [0.15, 0.2) is 122 Å². The van der Waals surface area contributed by atoms with E-state index in [9.17, 15) is 61.0 Å². The molecule has 3 aliphatic heterocycles. The highest BCUT2D eigenvalue weighted by atomic mass is 16.8. The highest BCUT2D eigenvalue weighted by molar-refractivity contribution is 5.76. The molecular formula is C70H115NO18. The minimum Gasteiger partial charge on any atom is -0.394 e. The Labute approximate surface area is 531 Å². The van der Waals surface area contributed by atoms with Gasteiger partial charge in [0.05, 0.1) is 38.6 Å². The Morgan fingerprint density at radius 2 is 0.775 bits per heavy atom. The van der Waals surface area contributed by atoms with Crippen LogP contribution in [0.5, 0.6) is 0 Å². The fourth-order valence-corrected chi connectivity index (χ4v) is 10.4. The van der Waals surface area contributed by atoms with Crippen LogP contribution < -0.4 is 5.32 Å². The molecule has 0 bridgehead atoms. The van der Waals surface area contributed by atoms with Gasteiger partial charge in [-0.25, -0.2) is 0 Å². The molecule has 89 heavy (non-hydrogen) atoms. The molecular weight excluding hydrogens is 1140 g/mol. The summed E-state index contributed by atoms with van der Waals surface area (Å²) in [5.41, 5.74) is 0. The third-order valence-electron chi connectivity index (χ3n) is 15.8. The molecule has 0 radical (unpaired) electrons. The Kier molecular flexibility index (Phi) is 45.3. The second-order valence-electron chi connectivity index (χ2n) is 23.2. The van der Waals surface area contributed by atoms with Gasteiger partial charge in [-0.2, -0.15) is 0 Å². The number of unbranched alkanes of at least 4 members (excludes halogenated alkanes) is 12. The number of hydrogen-bond donors (Lipinski definition) is 12. The predicted octanol–water partition coefficient (Wildman–Crippen LogP) is 8.04. The van der Waals surface area contributed by atoms with Crippen LogP contribution in [0.25, 0.3) is 0 Å². The zero-order chi connectivity index (χ0) is 64.7. The van der Waals surface area contributed by atoms with Crippen LogP contribution >= 0.6 is 0 Å². The minimum atomic E-state index is -1.98. The molecule has 0 aromatic carbocycles. The molecule has 3 heterocycles. The molecule has 1 amide bonds. The standard InChI is InChI=1S/C70H115NO18/c1-3-5-7-9-11-13-14-15-16-17-18-19-20-21-22-23-24-25-26-27-28-29-30-31-32-33-34-35-36-37-38-40-42-44-46-48-58(76)71-53(54(75)47-45-43-41-39-12-10-8-6-4-2)52-84-68-64(82)61(79)66(56(50-73)86-68)89-70-65(83)62(80)67(57(51-74)87-70)88-69-63(81)60(78)59(77)55(49-72)85-69/h5,7,11,13,15-16,18-19,21-22,24-25,27-28,30-31,33-34,36-37,53-57,59-70,72-75,77-83H,3-4,6,8-10,12,14,17,20,23,26,29,32,35,38-52H2,1-2H3,(H,71,76)/b7-5-,13-11-,16-15-,19-18-,22-21-,25-24-,28-27-,31-30-,34-33-,37-36-. The van der Waals surface area contributed by atoms with Crippen molar-refractivity contribution in [2.75, 3.05) is 26.4 Å². The van der Waals surface area contributed by atoms with E-state index in [1.165, 1.54) is 25.7 Å². The third-order valence-corrected chi connectivity index (χ3v) is 15.8. The number of amides is 1. The van der Waals surface area contributed by atoms with E-state index in [4.69, 9.17) is 28.4 Å². The normalized spacial score (nSPS) is 29.0. The molecule has 3 rings (SSSR count). The van der Waals surface area contributed by atoms with Crippen molar-refractivity contribution in [1.82, 2.24) is 5.32 Å². The molecule has 0 saturated carbocycles. The Morgan fingerprint density at radius 1 is 0.416 bits per heavy atom. The van der Waals surface area contributed by atoms with Crippen molar-refractivity contribution in [1.29, 1.82) is 0 Å². The fraction of sp³-hybridized carbons (Fsp3) is 0.700. The number of allylic oxidation sites excluding steroid dienone is 20. The summed E-state index contributed by atoms with van der Waals surface area (Å²) in [5, 5.41) is 120. The van der Waals surface area contributed by atoms with Crippen molar-refractivity contribution >= 4 is 5.91 Å². The molecule has 0 aromatic heterocycles. The minimum absolute atomic E-state index is 0.228. The SMILES string of the molecule is CC/C=C\C/C=C\C/C=C\C/C=C\C/C=C\C/C=C\C/C=C\C/C=C\C/C=C\C/C=C\CCCCCCC(=O)NC(COC1OC(CO)C(OC2OC(CO)C(OC3OC(CO)C(O)C(O)C3O)C(O)C2O)C(O)C1O)C(O)CCCCCCCCCCC. The smallest absolute Gasteiger partial charge is 0.220 e. The lowest BCUT2D eigenvalue weighted by atomic mass is 9.96. The second-order valence-corrected chi connectivity index (χ2v) is 23.2. The number of carbonyl (C=O) groups is 1. The van der Waals surface area contributed by atoms with Crippen LogP contribution in [-0.4, -0.2) is 193 Å². The lowest BCUT2D eigenvalue weighted by Gasteiger charge is -2.48. The van der Waals surface area contributed by atoms with Crippen molar-refractivity contribution in [2.24, 2.45) is 0 Å². The first-order valence-electron chi connectivity index (χ1n) is 33.3. The summed E-state index contributed by atoms with van der Waals surface area (Å²) in [7, 11) is 0. The Balaban J connectivity index is 1.37. The average Bonchev–Trinajstić information content (AvgIpc) is 1.40. The van der Waals surface area contributed by atoms with E-state index in [0.29, 0.717) is 19.3 Å². The zero-order valence-electron chi connectivity index (χ0n) is 53.4. The van der Waals surface area contributed by atoms with Crippen LogP contribution in [0.2, 0.25) is 0 Å². The van der Waals surface area contributed by atoms with Gasteiger partial charge in [0.1, 0.15) is 73.2 Å². The van der Waals surface area contributed by atoms with Crippen molar-refractivity contribution < 1.29 is 89.4 Å². The van der Waals surface area contributed by atoms with Gasteiger partial charge in [-0.05, 0) is 89.9 Å². The van der Waals surface area contributed by atoms with Crippen LogP contribution in [0.1, 0.15) is 181 Å². The van der Waals surface area contributed by atoms with Crippen LogP contribution in [0.3, 0.4) is 0 Å². The van der Waals surface area contributed by atoms with Gasteiger partial charge in [0.2, 0.25) is 5.91 Å². The number of hydrogen-bond acceptors (Lipinski definition) is 18. The van der Waals surface area contributed by atoms with Gasteiger partial charge in [-0.1, -0.05) is 206 Å². The van der Waals surface area contributed by atoms with Gasteiger partial charge >= 0.3 is 0 Å². The highest BCUT2D eigenvalue weighted by Gasteiger charge is 2.53. The molecule has 0 aliphatic carbocycles. The molecule has 508 valence electrons. The van der Waals surface area contributed by atoms with E-state index in [1.54, 1.807) is 0 Å². The molecule has 17 unspecified atom stereocenters. The first-order chi connectivity index (χ1) is 43.3. The number of ether oxygens (including phenoxy) is 6. The first-order valence-corrected chi connectivity index (χ1v) is 33.3. The molecule has 19 heteroatoms. The molecule has 3 fully saturated rings. The Bertz CT molecular complexity index is 2090. The number of nitrogens with one attached hydrogen (secondary N) is 1. The average molecular weight is 1260 g/mol. The summed E-state index contributed by atoms with van der Waals surface area (Å²) in [4.78, 5) is 13.3. The Hall–Kier alpha value is -3.81. The molecule has 3 aliphatic rings. The molecule has 17 atom stereocenters. The Morgan fingerprint density at radius 3 is 1.21 bits per heavy atom.